The number of piperidine rings is 1. The van der Waals surface area contributed by atoms with Gasteiger partial charge in [0.05, 0.1) is 12.0 Å². The average Bonchev–Trinajstić information content (AvgIpc) is 3.22. The van der Waals surface area contributed by atoms with Gasteiger partial charge in [-0.3, -0.25) is 14.5 Å². The molecule has 0 aliphatic carbocycles. The van der Waals surface area contributed by atoms with Gasteiger partial charge in [-0.2, -0.15) is 4.31 Å². The molecule has 4 rings (SSSR count). The maximum absolute atomic E-state index is 13.1. The zero-order valence-corrected chi connectivity index (χ0v) is 19.7. The third kappa shape index (κ3) is 4.60. The topological polar surface area (TPSA) is 96.0 Å². The SMILES string of the molecule is COc1ccccc1CNC(=O)[C@@H]1Cc2cc(S(=O)(=O)N3CCCCC3)ccc2N1C(C)=O. The van der Waals surface area contributed by atoms with Crippen molar-refractivity contribution in [2.75, 3.05) is 25.1 Å². The maximum atomic E-state index is 13.1. The van der Waals surface area contributed by atoms with Crippen LogP contribution in [0.3, 0.4) is 0 Å². The van der Waals surface area contributed by atoms with Gasteiger partial charge in [0, 0.05) is 44.2 Å². The number of ether oxygens (including phenoxy) is 1. The van der Waals surface area contributed by atoms with Gasteiger partial charge < -0.3 is 10.1 Å². The first-order chi connectivity index (χ1) is 15.8. The molecule has 1 fully saturated rings. The molecule has 8 nitrogen and oxygen atoms in total. The second kappa shape index (κ2) is 9.52. The summed E-state index contributed by atoms with van der Waals surface area (Å²) in [4.78, 5) is 27.1. The number of amides is 2. The number of anilines is 1. The molecule has 0 unspecified atom stereocenters. The minimum atomic E-state index is -3.60. The number of carbonyl (C=O) groups excluding carboxylic acids is 2. The Morgan fingerprint density at radius 1 is 1.09 bits per heavy atom. The molecule has 1 atom stereocenters. The second-order valence-electron chi connectivity index (χ2n) is 8.39. The summed E-state index contributed by atoms with van der Waals surface area (Å²) < 4.78 is 33.0. The van der Waals surface area contributed by atoms with Crippen LogP contribution in [-0.4, -0.2) is 50.8 Å². The van der Waals surface area contributed by atoms with Crippen molar-refractivity contribution < 1.29 is 22.7 Å². The number of nitrogens with one attached hydrogen (secondary N) is 1. The van der Waals surface area contributed by atoms with Crippen molar-refractivity contribution in [1.82, 2.24) is 9.62 Å². The summed E-state index contributed by atoms with van der Waals surface area (Å²) in [6.45, 7) is 2.71. The molecule has 1 N–H and O–H groups in total. The number of hydrogen-bond donors (Lipinski definition) is 1. The van der Waals surface area contributed by atoms with Gasteiger partial charge in [0.25, 0.3) is 0 Å². The summed E-state index contributed by atoms with van der Waals surface area (Å²) in [7, 11) is -2.03. The van der Waals surface area contributed by atoms with Crippen molar-refractivity contribution >= 4 is 27.5 Å². The molecule has 0 spiro atoms. The van der Waals surface area contributed by atoms with E-state index < -0.39 is 16.1 Å². The third-order valence-electron chi connectivity index (χ3n) is 6.28. The minimum Gasteiger partial charge on any atom is -0.496 e. The number of fused-ring (bicyclic) bond motifs is 1. The standard InChI is InChI=1S/C24H29N3O5S/c1-17(28)27-21-11-10-20(33(30,31)26-12-6-3-7-13-26)14-19(21)15-22(27)24(29)25-16-18-8-4-5-9-23(18)32-2/h4-5,8-11,14,22H,3,6-7,12-13,15-16H2,1-2H3,(H,25,29)/t22-/m0/s1. The molecule has 33 heavy (non-hydrogen) atoms. The number of hydrogen-bond acceptors (Lipinski definition) is 5. The first-order valence-corrected chi connectivity index (χ1v) is 12.6. The first-order valence-electron chi connectivity index (χ1n) is 11.2. The molecule has 0 aromatic heterocycles. The van der Waals surface area contributed by atoms with Gasteiger partial charge in [-0.05, 0) is 42.7 Å². The highest BCUT2D eigenvalue weighted by molar-refractivity contribution is 7.89. The summed E-state index contributed by atoms with van der Waals surface area (Å²) in [5.41, 5.74) is 2.09. The van der Waals surface area contributed by atoms with E-state index in [0.717, 1.165) is 24.8 Å². The van der Waals surface area contributed by atoms with Gasteiger partial charge in [0.1, 0.15) is 11.8 Å². The maximum Gasteiger partial charge on any atom is 0.243 e. The molecular formula is C24H29N3O5S. The Balaban J connectivity index is 1.55. The van der Waals surface area contributed by atoms with E-state index in [1.807, 2.05) is 24.3 Å². The zero-order chi connectivity index (χ0) is 23.6. The summed E-state index contributed by atoms with van der Waals surface area (Å²) in [5, 5.41) is 2.89. The first kappa shape index (κ1) is 23.3. The number of nitrogens with zero attached hydrogens (tertiary/aromatic N) is 2. The number of benzene rings is 2. The van der Waals surface area contributed by atoms with Crippen molar-refractivity contribution in [2.45, 2.75) is 50.1 Å². The highest BCUT2D eigenvalue weighted by Gasteiger charge is 2.38. The lowest BCUT2D eigenvalue weighted by Crippen LogP contribution is -2.47. The van der Waals surface area contributed by atoms with Gasteiger partial charge in [0.2, 0.25) is 21.8 Å². The number of para-hydroxylation sites is 1. The van der Waals surface area contributed by atoms with Gasteiger partial charge in [0.15, 0.2) is 0 Å². The Bertz CT molecular complexity index is 1160. The van der Waals surface area contributed by atoms with Gasteiger partial charge in [-0.15, -0.1) is 0 Å². The van der Waals surface area contributed by atoms with E-state index in [1.54, 1.807) is 19.2 Å². The van der Waals surface area contributed by atoms with Crippen LogP contribution in [0.4, 0.5) is 5.69 Å². The fourth-order valence-electron chi connectivity index (χ4n) is 4.59. The van der Waals surface area contributed by atoms with Crippen LogP contribution in [0.2, 0.25) is 0 Å². The normalized spacial score (nSPS) is 18.6. The lowest BCUT2D eigenvalue weighted by atomic mass is 10.1. The summed E-state index contributed by atoms with van der Waals surface area (Å²) in [5.74, 6) is 0.106. The molecule has 2 aliphatic heterocycles. The fraction of sp³-hybridized carbons (Fsp3) is 0.417. The lowest BCUT2D eigenvalue weighted by Gasteiger charge is -2.26. The third-order valence-corrected chi connectivity index (χ3v) is 8.17. The van der Waals surface area contributed by atoms with Crippen LogP contribution in [0.1, 0.15) is 37.3 Å². The molecule has 1 saturated heterocycles. The monoisotopic (exact) mass is 471 g/mol. The Kier molecular flexibility index (Phi) is 6.71. The lowest BCUT2D eigenvalue weighted by molar-refractivity contribution is -0.125. The van der Waals surface area contributed by atoms with Crippen LogP contribution in [0.5, 0.6) is 5.75 Å². The fourth-order valence-corrected chi connectivity index (χ4v) is 6.16. The van der Waals surface area contributed by atoms with Crippen molar-refractivity contribution in [1.29, 1.82) is 0 Å². The highest BCUT2D eigenvalue weighted by Crippen LogP contribution is 2.35. The molecule has 0 radical (unpaired) electrons. The van der Waals surface area contributed by atoms with E-state index in [1.165, 1.54) is 22.2 Å². The number of carbonyl (C=O) groups is 2. The second-order valence-corrected chi connectivity index (χ2v) is 10.3. The van der Waals surface area contributed by atoms with Crippen LogP contribution in [-0.2, 0) is 32.6 Å². The zero-order valence-electron chi connectivity index (χ0n) is 18.9. The molecule has 2 amide bonds. The average molecular weight is 472 g/mol. The van der Waals surface area contributed by atoms with Crippen LogP contribution in [0.15, 0.2) is 47.4 Å². The Labute approximate surface area is 194 Å². The minimum absolute atomic E-state index is 0.210. The number of rotatable bonds is 6. The molecule has 176 valence electrons. The highest BCUT2D eigenvalue weighted by atomic mass is 32.2. The van der Waals surface area contributed by atoms with E-state index in [2.05, 4.69) is 5.32 Å². The van der Waals surface area contributed by atoms with Crippen molar-refractivity contribution in [3.8, 4) is 5.75 Å². The van der Waals surface area contributed by atoms with Crippen LogP contribution in [0, 0.1) is 0 Å². The molecule has 2 heterocycles. The predicted molar refractivity (Wildman–Crippen MR) is 125 cm³/mol. The van der Waals surface area contributed by atoms with Gasteiger partial charge >= 0.3 is 0 Å². The van der Waals surface area contributed by atoms with Crippen LogP contribution >= 0.6 is 0 Å². The van der Waals surface area contributed by atoms with Crippen LogP contribution < -0.4 is 15.0 Å². The molecule has 2 aromatic rings. The number of methoxy groups -OCH3 is 1. The Morgan fingerprint density at radius 3 is 2.52 bits per heavy atom. The van der Waals surface area contributed by atoms with Gasteiger partial charge in [-0.25, -0.2) is 8.42 Å². The molecule has 2 aliphatic rings. The summed E-state index contributed by atoms with van der Waals surface area (Å²) >= 11 is 0. The smallest absolute Gasteiger partial charge is 0.243 e. The summed E-state index contributed by atoms with van der Waals surface area (Å²) in [6.07, 6.45) is 3.01. The van der Waals surface area contributed by atoms with Gasteiger partial charge in [-0.1, -0.05) is 24.6 Å². The van der Waals surface area contributed by atoms with E-state index >= 15 is 0 Å². The number of sulfonamides is 1. The van der Waals surface area contributed by atoms with Crippen molar-refractivity contribution in [2.24, 2.45) is 0 Å². The van der Waals surface area contributed by atoms with E-state index in [-0.39, 0.29) is 29.7 Å². The van der Waals surface area contributed by atoms with E-state index in [4.69, 9.17) is 4.74 Å². The van der Waals surface area contributed by atoms with Crippen molar-refractivity contribution in [3.63, 3.8) is 0 Å². The molecule has 0 saturated carbocycles. The Hall–Kier alpha value is -2.91. The quantitative estimate of drug-likeness (QED) is 0.698. The van der Waals surface area contributed by atoms with E-state index in [0.29, 0.717) is 30.1 Å². The molecule has 2 aromatic carbocycles. The molecule has 0 bridgehead atoms. The summed E-state index contributed by atoms with van der Waals surface area (Å²) in [6, 6.07) is 11.5. The molecule has 9 heteroatoms. The van der Waals surface area contributed by atoms with Crippen molar-refractivity contribution in [3.05, 3.63) is 53.6 Å². The predicted octanol–water partition coefficient (Wildman–Crippen LogP) is 2.46. The Morgan fingerprint density at radius 2 is 1.82 bits per heavy atom. The molecular weight excluding hydrogens is 442 g/mol. The largest absolute Gasteiger partial charge is 0.496 e. The van der Waals surface area contributed by atoms with Crippen LogP contribution in [0.25, 0.3) is 0 Å². The van der Waals surface area contributed by atoms with E-state index in [9.17, 15) is 18.0 Å².